The maximum absolute atomic E-state index is 11.8. The van der Waals surface area contributed by atoms with Crippen LogP contribution in [0.25, 0.3) is 0 Å². The van der Waals surface area contributed by atoms with E-state index in [1.807, 2.05) is 18.2 Å². The monoisotopic (exact) mass is 290 g/mol. The fourth-order valence-corrected chi connectivity index (χ4v) is 2.67. The first-order valence-corrected chi connectivity index (χ1v) is 7.88. The van der Waals surface area contributed by atoms with Crippen molar-refractivity contribution in [1.29, 1.82) is 0 Å². The van der Waals surface area contributed by atoms with Gasteiger partial charge in [-0.3, -0.25) is 4.79 Å². The summed E-state index contributed by atoms with van der Waals surface area (Å²) < 4.78 is 5.79. The van der Waals surface area contributed by atoms with Crippen molar-refractivity contribution in [2.75, 3.05) is 19.7 Å². The van der Waals surface area contributed by atoms with Crippen molar-refractivity contribution in [3.63, 3.8) is 0 Å². The summed E-state index contributed by atoms with van der Waals surface area (Å²) in [5.41, 5.74) is 1.21. The summed E-state index contributed by atoms with van der Waals surface area (Å²) in [5, 5.41) is 6.26. The van der Waals surface area contributed by atoms with Crippen molar-refractivity contribution >= 4 is 5.91 Å². The summed E-state index contributed by atoms with van der Waals surface area (Å²) in [5.74, 6) is 1.46. The van der Waals surface area contributed by atoms with Crippen LogP contribution in [0.1, 0.15) is 44.6 Å². The molecule has 1 aromatic carbocycles. The van der Waals surface area contributed by atoms with Gasteiger partial charge in [-0.25, -0.2) is 0 Å². The number of rotatable bonds is 7. The molecule has 1 fully saturated rings. The molecule has 0 saturated carbocycles. The molecule has 21 heavy (non-hydrogen) atoms. The van der Waals surface area contributed by atoms with Crippen LogP contribution in [0.15, 0.2) is 24.3 Å². The van der Waals surface area contributed by atoms with E-state index in [0.29, 0.717) is 31.5 Å². The summed E-state index contributed by atoms with van der Waals surface area (Å²) in [6.07, 6.45) is 2.85. The predicted octanol–water partition coefficient (Wildman–Crippen LogP) is 2.45. The number of amides is 1. The van der Waals surface area contributed by atoms with Crippen LogP contribution in [0, 0.1) is 0 Å². The number of ether oxygens (including phenoxy) is 1. The van der Waals surface area contributed by atoms with Crippen LogP contribution in [-0.4, -0.2) is 31.6 Å². The molecule has 1 saturated heterocycles. The molecule has 2 rings (SSSR count). The lowest BCUT2D eigenvalue weighted by Gasteiger charge is -2.14. The van der Waals surface area contributed by atoms with Crippen LogP contribution in [0.3, 0.4) is 0 Å². The summed E-state index contributed by atoms with van der Waals surface area (Å²) >= 11 is 0. The Labute approximate surface area is 127 Å². The second kappa shape index (κ2) is 8.03. The largest absolute Gasteiger partial charge is 0.491 e. The number of carbonyl (C=O) groups is 1. The summed E-state index contributed by atoms with van der Waals surface area (Å²) in [6, 6.07) is 8.43. The number of carbonyl (C=O) groups excluding carboxylic acids is 1. The molecule has 116 valence electrons. The van der Waals surface area contributed by atoms with Gasteiger partial charge in [-0.1, -0.05) is 32.0 Å². The molecule has 4 nitrogen and oxygen atoms in total. The molecule has 1 heterocycles. The molecular formula is C17H26N2O2. The highest BCUT2D eigenvalue weighted by Gasteiger charge is 2.17. The Bertz CT molecular complexity index is 454. The van der Waals surface area contributed by atoms with Crippen LogP contribution in [-0.2, 0) is 4.79 Å². The number of benzene rings is 1. The van der Waals surface area contributed by atoms with Crippen molar-refractivity contribution in [1.82, 2.24) is 10.6 Å². The normalized spacial score (nSPS) is 18.0. The quantitative estimate of drug-likeness (QED) is 0.758. The minimum Gasteiger partial charge on any atom is -0.491 e. The summed E-state index contributed by atoms with van der Waals surface area (Å²) in [4.78, 5) is 11.8. The molecule has 0 aromatic heterocycles. The third-order valence-corrected chi connectivity index (χ3v) is 3.82. The van der Waals surface area contributed by atoms with Crippen LogP contribution in [0.2, 0.25) is 0 Å². The number of hydrogen-bond donors (Lipinski definition) is 2. The number of nitrogens with one attached hydrogen (secondary N) is 2. The van der Waals surface area contributed by atoms with E-state index in [9.17, 15) is 4.79 Å². The zero-order chi connectivity index (χ0) is 15.1. The van der Waals surface area contributed by atoms with E-state index >= 15 is 0 Å². The van der Waals surface area contributed by atoms with Gasteiger partial charge in [0.2, 0.25) is 5.91 Å². The first-order valence-electron chi connectivity index (χ1n) is 7.88. The van der Waals surface area contributed by atoms with Gasteiger partial charge in [0, 0.05) is 12.5 Å². The Hall–Kier alpha value is -1.55. The highest BCUT2D eigenvalue weighted by Crippen LogP contribution is 2.25. The minimum absolute atomic E-state index is 0.107. The average Bonchev–Trinajstić information content (AvgIpc) is 2.96. The first kappa shape index (κ1) is 15.8. The lowest BCUT2D eigenvalue weighted by Crippen LogP contribution is -2.34. The molecule has 1 aliphatic heterocycles. The van der Waals surface area contributed by atoms with E-state index in [0.717, 1.165) is 18.7 Å². The highest BCUT2D eigenvalue weighted by molar-refractivity contribution is 5.76. The topological polar surface area (TPSA) is 50.4 Å². The Kier molecular flexibility index (Phi) is 6.05. The van der Waals surface area contributed by atoms with Gasteiger partial charge in [0.25, 0.3) is 0 Å². The van der Waals surface area contributed by atoms with Crippen LogP contribution >= 0.6 is 0 Å². The van der Waals surface area contributed by atoms with E-state index in [2.05, 4.69) is 30.5 Å². The van der Waals surface area contributed by atoms with Gasteiger partial charge < -0.3 is 15.4 Å². The molecule has 0 aliphatic carbocycles. The molecule has 0 radical (unpaired) electrons. The van der Waals surface area contributed by atoms with Gasteiger partial charge in [0.1, 0.15) is 12.4 Å². The van der Waals surface area contributed by atoms with E-state index in [-0.39, 0.29) is 5.91 Å². The molecule has 1 amide bonds. The molecule has 1 unspecified atom stereocenters. The maximum Gasteiger partial charge on any atom is 0.221 e. The maximum atomic E-state index is 11.8. The Balaban J connectivity index is 1.68. The lowest BCUT2D eigenvalue weighted by atomic mass is 10.0. The Morgan fingerprint density at radius 3 is 2.95 bits per heavy atom. The molecular weight excluding hydrogens is 264 g/mol. The Morgan fingerprint density at radius 2 is 2.24 bits per heavy atom. The van der Waals surface area contributed by atoms with Crippen molar-refractivity contribution in [2.24, 2.45) is 0 Å². The van der Waals surface area contributed by atoms with Crippen LogP contribution in [0.4, 0.5) is 0 Å². The summed E-state index contributed by atoms with van der Waals surface area (Å²) in [7, 11) is 0. The fourth-order valence-electron chi connectivity index (χ4n) is 2.67. The standard InChI is InChI=1S/C17H26N2O2/c1-13(2)15-7-3-4-8-16(15)21-11-10-19-17(20)12-14-6-5-9-18-14/h3-4,7-8,13-14,18H,5-6,9-12H2,1-2H3,(H,19,20). The summed E-state index contributed by atoms with van der Waals surface area (Å²) in [6.45, 7) is 6.40. The zero-order valence-corrected chi connectivity index (χ0v) is 13.0. The highest BCUT2D eigenvalue weighted by atomic mass is 16.5. The molecule has 2 N–H and O–H groups in total. The van der Waals surface area contributed by atoms with E-state index in [4.69, 9.17) is 4.74 Å². The predicted molar refractivity (Wildman–Crippen MR) is 84.7 cm³/mol. The van der Waals surface area contributed by atoms with Gasteiger partial charge in [-0.05, 0) is 36.9 Å². The van der Waals surface area contributed by atoms with Gasteiger partial charge >= 0.3 is 0 Å². The van der Waals surface area contributed by atoms with Crippen LogP contribution in [0.5, 0.6) is 5.75 Å². The third-order valence-electron chi connectivity index (χ3n) is 3.82. The van der Waals surface area contributed by atoms with E-state index in [1.54, 1.807) is 0 Å². The second-order valence-corrected chi connectivity index (χ2v) is 5.89. The van der Waals surface area contributed by atoms with E-state index < -0.39 is 0 Å². The number of para-hydroxylation sites is 1. The van der Waals surface area contributed by atoms with Gasteiger partial charge in [0.05, 0.1) is 6.54 Å². The van der Waals surface area contributed by atoms with Crippen molar-refractivity contribution in [3.8, 4) is 5.75 Å². The van der Waals surface area contributed by atoms with Gasteiger partial charge in [0.15, 0.2) is 0 Å². The van der Waals surface area contributed by atoms with Crippen molar-refractivity contribution < 1.29 is 9.53 Å². The fraction of sp³-hybridized carbons (Fsp3) is 0.588. The SMILES string of the molecule is CC(C)c1ccccc1OCCNC(=O)CC1CCCN1. The van der Waals surface area contributed by atoms with Gasteiger partial charge in [-0.15, -0.1) is 0 Å². The Morgan fingerprint density at radius 1 is 1.43 bits per heavy atom. The number of hydrogen-bond acceptors (Lipinski definition) is 3. The van der Waals surface area contributed by atoms with Crippen molar-refractivity contribution in [2.45, 2.75) is 45.1 Å². The van der Waals surface area contributed by atoms with Gasteiger partial charge in [-0.2, -0.15) is 0 Å². The molecule has 1 atom stereocenters. The molecule has 0 bridgehead atoms. The van der Waals surface area contributed by atoms with E-state index in [1.165, 1.54) is 12.0 Å². The molecule has 1 aliphatic rings. The first-order chi connectivity index (χ1) is 10.2. The lowest BCUT2D eigenvalue weighted by molar-refractivity contribution is -0.121. The van der Waals surface area contributed by atoms with Crippen LogP contribution < -0.4 is 15.4 Å². The molecule has 4 heteroatoms. The second-order valence-electron chi connectivity index (χ2n) is 5.89. The van der Waals surface area contributed by atoms with Crippen molar-refractivity contribution in [3.05, 3.63) is 29.8 Å². The minimum atomic E-state index is 0.107. The molecule has 1 aromatic rings. The average molecular weight is 290 g/mol. The molecule has 0 spiro atoms. The zero-order valence-electron chi connectivity index (χ0n) is 13.0. The smallest absolute Gasteiger partial charge is 0.221 e. The third kappa shape index (κ3) is 5.05.